The molecular formula is C33H35OP. The third kappa shape index (κ3) is 5.07. The minimum atomic E-state index is -2.93. The van der Waals surface area contributed by atoms with Crippen LogP contribution in [0.3, 0.4) is 0 Å². The first-order chi connectivity index (χ1) is 17.1. The summed E-state index contributed by atoms with van der Waals surface area (Å²) in [5.41, 5.74) is 5.22. The summed E-state index contributed by atoms with van der Waals surface area (Å²) in [6, 6.07) is 37.9. The van der Waals surface area contributed by atoms with E-state index in [1.54, 1.807) is 0 Å². The van der Waals surface area contributed by atoms with Gasteiger partial charge in [-0.1, -0.05) is 135 Å². The molecule has 0 amide bonds. The topological polar surface area (TPSA) is 17.1 Å². The Kier molecular flexibility index (Phi) is 7.07. The largest absolute Gasteiger partial charge is 0.313 e. The molecule has 0 spiro atoms. The normalized spacial score (nSPS) is 16.9. The van der Waals surface area contributed by atoms with Gasteiger partial charge in [0.15, 0.2) is 0 Å². The molecule has 1 aliphatic carbocycles. The van der Waals surface area contributed by atoms with Gasteiger partial charge in [-0.05, 0) is 46.9 Å². The van der Waals surface area contributed by atoms with Crippen LogP contribution >= 0.6 is 7.14 Å². The molecule has 4 aromatic carbocycles. The molecule has 0 bridgehead atoms. The van der Waals surface area contributed by atoms with E-state index in [-0.39, 0.29) is 5.41 Å². The van der Waals surface area contributed by atoms with Crippen LogP contribution < -0.4 is 10.6 Å². The number of benzene rings is 4. The highest BCUT2D eigenvalue weighted by Crippen LogP contribution is 2.50. The second kappa shape index (κ2) is 10.4. The van der Waals surface area contributed by atoms with E-state index >= 15 is 4.57 Å². The lowest BCUT2D eigenvalue weighted by Gasteiger charge is -2.37. The Morgan fingerprint density at radius 3 is 1.86 bits per heavy atom. The number of hydrogen-bond acceptors (Lipinski definition) is 1. The van der Waals surface area contributed by atoms with Crippen molar-refractivity contribution in [1.82, 2.24) is 0 Å². The monoisotopic (exact) mass is 478 g/mol. The molecule has 1 atom stereocenters. The van der Waals surface area contributed by atoms with Crippen LogP contribution in [-0.4, -0.2) is 0 Å². The van der Waals surface area contributed by atoms with E-state index < -0.39 is 7.14 Å². The first-order valence-electron chi connectivity index (χ1n) is 12.9. The quantitative estimate of drug-likeness (QED) is 0.246. The molecule has 0 aromatic heterocycles. The van der Waals surface area contributed by atoms with Crippen LogP contribution in [0.5, 0.6) is 0 Å². The minimum absolute atomic E-state index is 0.132. The zero-order valence-electron chi connectivity index (χ0n) is 20.7. The van der Waals surface area contributed by atoms with E-state index in [4.69, 9.17) is 0 Å². The fourth-order valence-corrected chi connectivity index (χ4v) is 8.86. The van der Waals surface area contributed by atoms with Crippen LogP contribution in [0.2, 0.25) is 0 Å². The smallest absolute Gasteiger partial charge is 0.147 e. The zero-order valence-corrected chi connectivity index (χ0v) is 21.6. The standard InChI is InChI=1S/C33H35OP/c1-33(23-12-5-13-24-33)31-21-14-22-32(30(31)25-27-15-6-2-7-16-27)35(34,29-19-10-4-11-20-29)26-28-17-8-3-9-18-28/h2-4,6-11,14-22H,5,12-13,23-26H2,1H3. The molecule has 0 radical (unpaired) electrons. The van der Waals surface area contributed by atoms with E-state index in [1.807, 2.05) is 24.3 Å². The Morgan fingerprint density at radius 1 is 0.657 bits per heavy atom. The highest BCUT2D eigenvalue weighted by Gasteiger charge is 2.36. The molecule has 4 aromatic rings. The van der Waals surface area contributed by atoms with Gasteiger partial charge in [-0.3, -0.25) is 0 Å². The van der Waals surface area contributed by atoms with Crippen molar-refractivity contribution in [3.63, 3.8) is 0 Å². The molecule has 0 heterocycles. The average Bonchev–Trinajstić information content (AvgIpc) is 2.91. The summed E-state index contributed by atoms with van der Waals surface area (Å²) >= 11 is 0. The molecule has 0 saturated heterocycles. The summed E-state index contributed by atoms with van der Waals surface area (Å²) in [6.07, 6.45) is 7.62. The van der Waals surface area contributed by atoms with Crippen LogP contribution in [-0.2, 0) is 22.6 Å². The molecule has 1 nitrogen and oxygen atoms in total. The maximum Gasteiger partial charge on any atom is 0.147 e. The van der Waals surface area contributed by atoms with Gasteiger partial charge in [0, 0.05) is 16.8 Å². The van der Waals surface area contributed by atoms with Crippen LogP contribution in [0.25, 0.3) is 0 Å². The Balaban J connectivity index is 1.73. The third-order valence-electron chi connectivity index (χ3n) is 7.79. The minimum Gasteiger partial charge on any atom is -0.313 e. The fraction of sp³-hybridized carbons (Fsp3) is 0.273. The third-order valence-corrected chi connectivity index (χ3v) is 10.9. The molecule has 35 heavy (non-hydrogen) atoms. The van der Waals surface area contributed by atoms with Crippen LogP contribution in [0.4, 0.5) is 0 Å². The molecule has 5 rings (SSSR count). The molecule has 0 N–H and O–H groups in total. The summed E-state index contributed by atoms with van der Waals surface area (Å²) in [5.74, 6) is 0. The number of rotatable bonds is 7. The average molecular weight is 479 g/mol. The van der Waals surface area contributed by atoms with Crippen molar-refractivity contribution in [1.29, 1.82) is 0 Å². The second-order valence-corrected chi connectivity index (χ2v) is 13.1. The van der Waals surface area contributed by atoms with E-state index in [1.165, 1.54) is 48.8 Å². The van der Waals surface area contributed by atoms with E-state index in [9.17, 15) is 0 Å². The van der Waals surface area contributed by atoms with Crippen molar-refractivity contribution in [2.24, 2.45) is 0 Å². The van der Waals surface area contributed by atoms with Crippen LogP contribution in [0.1, 0.15) is 61.3 Å². The first kappa shape index (κ1) is 23.8. The van der Waals surface area contributed by atoms with Crippen LogP contribution in [0, 0.1) is 0 Å². The van der Waals surface area contributed by atoms with Gasteiger partial charge in [-0.15, -0.1) is 0 Å². The zero-order chi connectivity index (χ0) is 24.1. The van der Waals surface area contributed by atoms with Crippen molar-refractivity contribution < 1.29 is 4.57 Å². The Bertz CT molecular complexity index is 1290. The molecule has 1 saturated carbocycles. The van der Waals surface area contributed by atoms with E-state index in [2.05, 4.69) is 91.9 Å². The van der Waals surface area contributed by atoms with Gasteiger partial charge < -0.3 is 4.57 Å². The highest BCUT2D eigenvalue weighted by molar-refractivity contribution is 7.78. The summed E-state index contributed by atoms with van der Waals surface area (Å²) in [4.78, 5) is 0. The van der Waals surface area contributed by atoms with E-state index in [0.717, 1.165) is 22.6 Å². The molecule has 1 unspecified atom stereocenters. The van der Waals surface area contributed by atoms with Gasteiger partial charge in [0.25, 0.3) is 0 Å². The van der Waals surface area contributed by atoms with Crippen molar-refractivity contribution >= 4 is 17.8 Å². The first-order valence-corrected chi connectivity index (χ1v) is 14.8. The fourth-order valence-electron chi connectivity index (χ4n) is 5.89. The van der Waals surface area contributed by atoms with Crippen LogP contribution in [0.15, 0.2) is 109 Å². The van der Waals surface area contributed by atoms with E-state index in [0.29, 0.717) is 6.16 Å². The van der Waals surface area contributed by atoms with Crippen molar-refractivity contribution in [2.75, 3.05) is 0 Å². The second-order valence-electron chi connectivity index (χ2n) is 10.3. The lowest BCUT2D eigenvalue weighted by Crippen LogP contribution is -2.31. The van der Waals surface area contributed by atoms with Gasteiger partial charge >= 0.3 is 0 Å². The van der Waals surface area contributed by atoms with Crippen molar-refractivity contribution in [2.45, 2.75) is 57.0 Å². The molecule has 178 valence electrons. The predicted molar refractivity (Wildman–Crippen MR) is 150 cm³/mol. The lowest BCUT2D eigenvalue weighted by atomic mass is 9.69. The Morgan fingerprint density at radius 2 is 1.23 bits per heavy atom. The van der Waals surface area contributed by atoms with Gasteiger partial charge in [0.05, 0.1) is 0 Å². The van der Waals surface area contributed by atoms with Crippen molar-refractivity contribution in [3.05, 3.63) is 131 Å². The Labute approximate surface area is 210 Å². The predicted octanol–water partition coefficient (Wildman–Crippen LogP) is 8.01. The molecule has 1 aliphatic rings. The summed E-state index contributed by atoms with van der Waals surface area (Å²) in [5, 5.41) is 1.99. The van der Waals surface area contributed by atoms with Gasteiger partial charge in [0.2, 0.25) is 0 Å². The molecule has 1 fully saturated rings. The SMILES string of the molecule is CC1(c2cccc(P(=O)(Cc3ccccc3)c3ccccc3)c2Cc2ccccc2)CCCCC1. The summed E-state index contributed by atoms with van der Waals surface area (Å²) < 4.78 is 15.3. The maximum atomic E-state index is 15.3. The summed E-state index contributed by atoms with van der Waals surface area (Å²) in [7, 11) is -2.93. The highest BCUT2D eigenvalue weighted by atomic mass is 31.2. The number of hydrogen-bond donors (Lipinski definition) is 0. The molecular weight excluding hydrogens is 443 g/mol. The summed E-state index contributed by atoms with van der Waals surface area (Å²) in [6.45, 7) is 2.43. The maximum absolute atomic E-state index is 15.3. The Hall–Kier alpha value is -2.89. The van der Waals surface area contributed by atoms with Crippen molar-refractivity contribution in [3.8, 4) is 0 Å². The van der Waals surface area contributed by atoms with Gasteiger partial charge in [-0.25, -0.2) is 0 Å². The molecule has 0 aliphatic heterocycles. The molecule has 2 heteroatoms. The lowest BCUT2D eigenvalue weighted by molar-refractivity contribution is 0.318. The van der Waals surface area contributed by atoms with Gasteiger partial charge in [-0.2, -0.15) is 0 Å². The van der Waals surface area contributed by atoms with Gasteiger partial charge in [0.1, 0.15) is 7.14 Å².